The normalized spacial score (nSPS) is 17.8. The van der Waals surface area contributed by atoms with Crippen molar-refractivity contribution in [2.75, 3.05) is 44.1 Å². The number of fused-ring (bicyclic) bond motifs is 1. The fourth-order valence-corrected chi connectivity index (χ4v) is 2.84. The number of hydrazine groups is 2. The van der Waals surface area contributed by atoms with Crippen LogP contribution in [0.4, 0.5) is 11.8 Å². The Bertz CT molecular complexity index is 561. The predicted octanol–water partition coefficient (Wildman–Crippen LogP) is 0.551. The van der Waals surface area contributed by atoms with E-state index >= 15 is 0 Å². The molecule has 7 nitrogen and oxygen atoms in total. The van der Waals surface area contributed by atoms with Gasteiger partial charge < -0.3 is 10.3 Å². The number of nitrogen functional groups attached to an aromatic ring is 1. The second-order valence-corrected chi connectivity index (χ2v) is 5.48. The molecule has 3 rings (SSSR count). The summed E-state index contributed by atoms with van der Waals surface area (Å²) in [6.45, 7) is 4.04. The van der Waals surface area contributed by atoms with E-state index in [0.29, 0.717) is 5.95 Å². The van der Waals surface area contributed by atoms with Crippen LogP contribution >= 0.6 is 11.3 Å². The average molecular weight is 279 g/mol. The van der Waals surface area contributed by atoms with Crippen molar-refractivity contribution >= 4 is 33.3 Å². The maximum absolute atomic E-state index is 5.41. The molecule has 8 heteroatoms. The topological polar surface area (TPSA) is 82.3 Å². The third-order valence-electron chi connectivity index (χ3n) is 3.22. The lowest BCUT2D eigenvalue weighted by Gasteiger charge is -2.32. The maximum atomic E-state index is 5.41. The fraction of sp³-hybridized carbons (Fsp3) is 0.455. The molecule has 0 atom stereocenters. The molecule has 0 saturated carbocycles. The van der Waals surface area contributed by atoms with Crippen LogP contribution in [0, 0.1) is 0 Å². The number of hydrogen-bond acceptors (Lipinski definition) is 8. The van der Waals surface area contributed by atoms with Crippen molar-refractivity contribution in [2.24, 2.45) is 5.84 Å². The average Bonchev–Trinajstić information content (AvgIpc) is 2.89. The Kier molecular flexibility index (Phi) is 3.47. The molecule has 1 saturated heterocycles. The highest BCUT2D eigenvalue weighted by Crippen LogP contribution is 2.26. The van der Waals surface area contributed by atoms with Crippen LogP contribution in [-0.2, 0) is 0 Å². The zero-order valence-corrected chi connectivity index (χ0v) is 11.6. The number of hydrogen-bond donors (Lipinski definition) is 3. The van der Waals surface area contributed by atoms with Gasteiger partial charge in [0.1, 0.15) is 4.83 Å². The van der Waals surface area contributed by atoms with Gasteiger partial charge in [-0.1, -0.05) is 0 Å². The van der Waals surface area contributed by atoms with Crippen LogP contribution < -0.4 is 16.7 Å². The Balaban J connectivity index is 1.85. The van der Waals surface area contributed by atoms with E-state index in [0.717, 1.165) is 42.2 Å². The molecule has 0 spiro atoms. The van der Waals surface area contributed by atoms with Gasteiger partial charge >= 0.3 is 0 Å². The van der Waals surface area contributed by atoms with Crippen molar-refractivity contribution in [3.05, 3.63) is 11.4 Å². The highest BCUT2D eigenvalue weighted by atomic mass is 32.1. The molecule has 0 aliphatic carbocycles. The number of thiophene rings is 1. The van der Waals surface area contributed by atoms with E-state index in [4.69, 9.17) is 5.84 Å². The fourth-order valence-electron chi connectivity index (χ4n) is 2.07. The number of aromatic nitrogens is 2. The highest BCUT2D eigenvalue weighted by Gasteiger charge is 2.16. The van der Waals surface area contributed by atoms with Gasteiger partial charge in [0, 0.05) is 26.2 Å². The Morgan fingerprint density at radius 2 is 2.05 bits per heavy atom. The predicted molar refractivity (Wildman–Crippen MR) is 77.9 cm³/mol. The second kappa shape index (κ2) is 5.25. The van der Waals surface area contributed by atoms with Gasteiger partial charge in [0.25, 0.3) is 0 Å². The Labute approximate surface area is 115 Å². The second-order valence-electron chi connectivity index (χ2n) is 4.58. The van der Waals surface area contributed by atoms with Gasteiger partial charge in [0.05, 0.1) is 5.39 Å². The minimum atomic E-state index is 0.437. The summed E-state index contributed by atoms with van der Waals surface area (Å²) < 4.78 is 0. The summed E-state index contributed by atoms with van der Waals surface area (Å²) in [5, 5.41) is 5.22. The summed E-state index contributed by atoms with van der Waals surface area (Å²) in [5.74, 6) is 6.66. The van der Waals surface area contributed by atoms with E-state index in [-0.39, 0.29) is 0 Å². The molecular formula is C11H17N7S. The Morgan fingerprint density at radius 3 is 2.79 bits per heavy atom. The van der Waals surface area contributed by atoms with Crippen molar-refractivity contribution < 1.29 is 0 Å². The van der Waals surface area contributed by atoms with E-state index in [1.54, 1.807) is 11.3 Å². The van der Waals surface area contributed by atoms with Gasteiger partial charge in [-0.15, -0.1) is 11.3 Å². The summed E-state index contributed by atoms with van der Waals surface area (Å²) in [6.07, 6.45) is 0. The zero-order chi connectivity index (χ0) is 13.2. The van der Waals surface area contributed by atoms with Crippen molar-refractivity contribution in [1.29, 1.82) is 0 Å². The number of piperazine rings is 1. The highest BCUT2D eigenvalue weighted by molar-refractivity contribution is 7.16. The smallest absolute Gasteiger partial charge is 0.240 e. The number of rotatable bonds is 3. The molecule has 3 heterocycles. The van der Waals surface area contributed by atoms with Gasteiger partial charge in [-0.25, -0.2) is 15.8 Å². The lowest BCUT2D eigenvalue weighted by atomic mass is 10.3. The molecule has 19 heavy (non-hydrogen) atoms. The minimum absolute atomic E-state index is 0.437. The first-order valence-corrected chi connectivity index (χ1v) is 7.06. The molecule has 1 aliphatic heterocycles. The van der Waals surface area contributed by atoms with Crippen LogP contribution in [0.5, 0.6) is 0 Å². The van der Waals surface area contributed by atoms with Crippen LogP contribution in [0.3, 0.4) is 0 Å². The lowest BCUT2D eigenvalue weighted by molar-refractivity contribution is 0.178. The summed E-state index contributed by atoms with van der Waals surface area (Å²) in [5.41, 5.74) is 5.88. The van der Waals surface area contributed by atoms with Crippen molar-refractivity contribution in [3.8, 4) is 0 Å². The molecule has 1 fully saturated rings. The standard InChI is InChI=1S/C11H17N7S/c1-17-3-5-18(6-4-17)16-9-8-2-7-19-10(8)14-11(13-9)15-12/h2,7H,3-6,12H2,1H3,(H2,13,14,15,16). The van der Waals surface area contributed by atoms with Gasteiger partial charge in [-0.3, -0.25) is 5.43 Å². The summed E-state index contributed by atoms with van der Waals surface area (Å²) in [6, 6.07) is 2.03. The summed E-state index contributed by atoms with van der Waals surface area (Å²) in [4.78, 5) is 12.0. The van der Waals surface area contributed by atoms with Gasteiger partial charge in [0.2, 0.25) is 5.95 Å². The number of anilines is 2. The van der Waals surface area contributed by atoms with Gasteiger partial charge in [-0.2, -0.15) is 4.98 Å². The largest absolute Gasteiger partial charge is 0.304 e. The molecule has 0 unspecified atom stereocenters. The Hall–Kier alpha value is -1.48. The van der Waals surface area contributed by atoms with Crippen LogP contribution in [0.25, 0.3) is 10.2 Å². The molecule has 1 aliphatic rings. The first-order valence-electron chi connectivity index (χ1n) is 6.18. The summed E-state index contributed by atoms with van der Waals surface area (Å²) >= 11 is 1.58. The molecule has 0 aromatic carbocycles. The first kappa shape index (κ1) is 12.5. The van der Waals surface area contributed by atoms with Gasteiger partial charge in [-0.05, 0) is 18.5 Å². The lowest BCUT2D eigenvalue weighted by Crippen LogP contribution is -2.47. The number of nitrogens with zero attached hydrogens (tertiary/aromatic N) is 4. The monoisotopic (exact) mass is 279 g/mol. The molecule has 0 radical (unpaired) electrons. The number of nitrogens with one attached hydrogen (secondary N) is 2. The van der Waals surface area contributed by atoms with Crippen molar-refractivity contribution in [3.63, 3.8) is 0 Å². The molecule has 4 N–H and O–H groups in total. The van der Waals surface area contributed by atoms with Crippen LogP contribution in [0.2, 0.25) is 0 Å². The molecular weight excluding hydrogens is 262 g/mol. The zero-order valence-electron chi connectivity index (χ0n) is 10.8. The van der Waals surface area contributed by atoms with E-state index in [9.17, 15) is 0 Å². The van der Waals surface area contributed by atoms with E-state index in [2.05, 4.69) is 37.8 Å². The quantitative estimate of drug-likeness (QED) is 0.559. The third kappa shape index (κ3) is 2.61. The molecule has 0 bridgehead atoms. The molecule has 0 amide bonds. The van der Waals surface area contributed by atoms with E-state index in [1.807, 2.05) is 11.4 Å². The van der Waals surface area contributed by atoms with E-state index < -0.39 is 0 Å². The van der Waals surface area contributed by atoms with Crippen molar-refractivity contribution in [1.82, 2.24) is 19.9 Å². The minimum Gasteiger partial charge on any atom is -0.304 e. The van der Waals surface area contributed by atoms with Crippen LogP contribution in [0.15, 0.2) is 11.4 Å². The van der Waals surface area contributed by atoms with Gasteiger partial charge in [0.15, 0.2) is 5.82 Å². The SMILES string of the molecule is CN1CCN(Nc2nc(NN)nc3sccc23)CC1. The molecule has 102 valence electrons. The number of nitrogens with two attached hydrogens (primary N) is 1. The van der Waals surface area contributed by atoms with Crippen LogP contribution in [0.1, 0.15) is 0 Å². The summed E-state index contributed by atoms with van der Waals surface area (Å²) in [7, 11) is 2.13. The maximum Gasteiger partial charge on any atom is 0.240 e. The number of likely N-dealkylation sites (N-methyl/N-ethyl adjacent to an activating group) is 1. The Morgan fingerprint density at radius 1 is 1.26 bits per heavy atom. The van der Waals surface area contributed by atoms with E-state index in [1.165, 1.54) is 0 Å². The van der Waals surface area contributed by atoms with Crippen molar-refractivity contribution in [2.45, 2.75) is 0 Å². The molecule has 2 aromatic rings. The molecule has 2 aromatic heterocycles. The third-order valence-corrected chi connectivity index (χ3v) is 4.03. The first-order chi connectivity index (χ1) is 9.26. The van der Waals surface area contributed by atoms with Crippen LogP contribution in [-0.4, -0.2) is 53.1 Å².